The van der Waals surface area contributed by atoms with Gasteiger partial charge in [-0.05, 0) is 19.4 Å². The topological polar surface area (TPSA) is 73.3 Å². The molecule has 6 nitrogen and oxygen atoms in total. The number of rotatable bonds is 7. The predicted octanol–water partition coefficient (Wildman–Crippen LogP) is 2.46. The van der Waals surface area contributed by atoms with Gasteiger partial charge >= 0.3 is 6.01 Å². The number of ether oxygens (including phenoxy) is 2. The number of amides is 1. The average Bonchev–Trinajstić information content (AvgIpc) is 2.51. The summed E-state index contributed by atoms with van der Waals surface area (Å²) in [6.45, 7) is 4.59. The summed E-state index contributed by atoms with van der Waals surface area (Å²) in [6, 6.07) is 9.74. The summed E-state index contributed by atoms with van der Waals surface area (Å²) >= 11 is 0. The molecular weight excluding hydrogens is 282 g/mol. The van der Waals surface area contributed by atoms with E-state index in [0.29, 0.717) is 24.8 Å². The molecule has 0 radical (unpaired) electrons. The van der Waals surface area contributed by atoms with E-state index in [4.69, 9.17) is 9.47 Å². The second kappa shape index (κ2) is 7.97. The Morgan fingerprint density at radius 3 is 2.55 bits per heavy atom. The van der Waals surface area contributed by atoms with Gasteiger partial charge in [0, 0.05) is 0 Å². The molecule has 0 aliphatic rings. The van der Waals surface area contributed by atoms with Crippen molar-refractivity contribution >= 4 is 11.6 Å². The Labute approximate surface area is 129 Å². The summed E-state index contributed by atoms with van der Waals surface area (Å²) in [5, 5.41) is 2.77. The van der Waals surface area contributed by atoms with Gasteiger partial charge in [-0.2, -0.15) is 4.98 Å². The van der Waals surface area contributed by atoms with Gasteiger partial charge in [-0.15, -0.1) is 0 Å². The van der Waals surface area contributed by atoms with Gasteiger partial charge in [0.05, 0.1) is 25.8 Å². The maximum absolute atomic E-state index is 12.1. The number of nitrogens with one attached hydrogen (secondary N) is 1. The number of aromatic nitrogens is 2. The minimum Gasteiger partial charge on any atom is -0.476 e. The highest BCUT2D eigenvalue weighted by Gasteiger charge is 2.12. The molecule has 6 heteroatoms. The lowest BCUT2D eigenvalue weighted by molar-refractivity contribution is -0.115. The van der Waals surface area contributed by atoms with Crippen LogP contribution in [-0.2, 0) is 11.2 Å². The first-order chi connectivity index (χ1) is 10.7. The first-order valence-corrected chi connectivity index (χ1v) is 7.19. The minimum atomic E-state index is -0.153. The van der Waals surface area contributed by atoms with E-state index in [0.717, 1.165) is 5.56 Å². The monoisotopic (exact) mass is 301 g/mol. The SMILES string of the molecule is CCOc1ncc(NC(=O)Cc2ccccc2)c(OCC)n1. The second-order valence-corrected chi connectivity index (χ2v) is 4.45. The Hall–Kier alpha value is -2.63. The van der Waals surface area contributed by atoms with E-state index in [1.54, 1.807) is 0 Å². The summed E-state index contributed by atoms with van der Waals surface area (Å²) < 4.78 is 10.7. The van der Waals surface area contributed by atoms with Crippen LogP contribution in [0.5, 0.6) is 11.9 Å². The highest BCUT2D eigenvalue weighted by molar-refractivity contribution is 5.93. The Morgan fingerprint density at radius 1 is 1.14 bits per heavy atom. The Bertz CT molecular complexity index is 617. The lowest BCUT2D eigenvalue weighted by atomic mass is 10.1. The lowest BCUT2D eigenvalue weighted by Crippen LogP contribution is -2.16. The molecule has 1 aromatic heterocycles. The molecule has 116 valence electrons. The summed E-state index contributed by atoms with van der Waals surface area (Å²) in [7, 11) is 0. The minimum absolute atomic E-state index is 0.153. The molecule has 0 atom stereocenters. The van der Waals surface area contributed by atoms with Crippen LogP contribution in [0.2, 0.25) is 0 Å². The lowest BCUT2D eigenvalue weighted by Gasteiger charge is -2.11. The maximum atomic E-state index is 12.1. The molecule has 0 aliphatic heterocycles. The molecule has 2 rings (SSSR count). The van der Waals surface area contributed by atoms with E-state index in [9.17, 15) is 4.79 Å². The van der Waals surface area contributed by atoms with Crippen molar-refractivity contribution < 1.29 is 14.3 Å². The first-order valence-electron chi connectivity index (χ1n) is 7.19. The van der Waals surface area contributed by atoms with E-state index in [1.807, 2.05) is 44.2 Å². The molecule has 1 amide bonds. The zero-order chi connectivity index (χ0) is 15.8. The number of anilines is 1. The van der Waals surface area contributed by atoms with Crippen LogP contribution in [0.4, 0.5) is 5.69 Å². The molecule has 22 heavy (non-hydrogen) atoms. The quantitative estimate of drug-likeness (QED) is 0.850. The van der Waals surface area contributed by atoms with Crippen molar-refractivity contribution in [2.45, 2.75) is 20.3 Å². The zero-order valence-corrected chi connectivity index (χ0v) is 12.7. The molecule has 0 fully saturated rings. The van der Waals surface area contributed by atoms with Crippen molar-refractivity contribution in [1.29, 1.82) is 0 Å². The van der Waals surface area contributed by atoms with Gasteiger partial charge in [0.2, 0.25) is 11.8 Å². The van der Waals surface area contributed by atoms with E-state index in [-0.39, 0.29) is 18.3 Å². The maximum Gasteiger partial charge on any atom is 0.319 e. The van der Waals surface area contributed by atoms with E-state index >= 15 is 0 Å². The van der Waals surface area contributed by atoms with Crippen LogP contribution in [0, 0.1) is 0 Å². The molecule has 0 bridgehead atoms. The van der Waals surface area contributed by atoms with Crippen LogP contribution in [0.15, 0.2) is 36.5 Å². The van der Waals surface area contributed by atoms with E-state index in [1.165, 1.54) is 6.20 Å². The Balaban J connectivity index is 2.08. The van der Waals surface area contributed by atoms with Gasteiger partial charge in [0.15, 0.2) is 0 Å². The normalized spacial score (nSPS) is 10.1. The van der Waals surface area contributed by atoms with Gasteiger partial charge in [-0.3, -0.25) is 4.79 Å². The molecule has 2 aromatic rings. The fourth-order valence-electron chi connectivity index (χ4n) is 1.86. The summed E-state index contributed by atoms with van der Waals surface area (Å²) in [5.74, 6) is 0.155. The van der Waals surface area contributed by atoms with Crippen LogP contribution in [-0.4, -0.2) is 29.1 Å². The van der Waals surface area contributed by atoms with Gasteiger partial charge < -0.3 is 14.8 Å². The van der Waals surface area contributed by atoms with Gasteiger partial charge in [0.25, 0.3) is 0 Å². The van der Waals surface area contributed by atoms with Gasteiger partial charge in [-0.25, -0.2) is 4.98 Å². The molecule has 0 saturated heterocycles. The highest BCUT2D eigenvalue weighted by Crippen LogP contribution is 2.23. The van der Waals surface area contributed by atoms with Crippen molar-refractivity contribution in [2.75, 3.05) is 18.5 Å². The fourth-order valence-corrected chi connectivity index (χ4v) is 1.86. The third-order valence-electron chi connectivity index (χ3n) is 2.77. The predicted molar refractivity (Wildman–Crippen MR) is 83.1 cm³/mol. The molecule has 0 saturated carbocycles. The van der Waals surface area contributed by atoms with Crippen LogP contribution in [0.1, 0.15) is 19.4 Å². The molecule has 1 aromatic carbocycles. The van der Waals surface area contributed by atoms with Gasteiger partial charge in [0.1, 0.15) is 5.69 Å². The number of carbonyl (C=O) groups excluding carboxylic acids is 1. The summed E-state index contributed by atoms with van der Waals surface area (Å²) in [6.07, 6.45) is 1.77. The third-order valence-corrected chi connectivity index (χ3v) is 2.77. The van der Waals surface area contributed by atoms with Crippen molar-refractivity contribution in [3.05, 3.63) is 42.1 Å². The van der Waals surface area contributed by atoms with Gasteiger partial charge in [-0.1, -0.05) is 30.3 Å². The van der Waals surface area contributed by atoms with Crippen LogP contribution in [0.3, 0.4) is 0 Å². The number of carbonyl (C=O) groups is 1. The zero-order valence-electron chi connectivity index (χ0n) is 12.7. The van der Waals surface area contributed by atoms with Crippen molar-refractivity contribution in [3.8, 4) is 11.9 Å². The van der Waals surface area contributed by atoms with Crippen molar-refractivity contribution in [1.82, 2.24) is 9.97 Å². The highest BCUT2D eigenvalue weighted by atomic mass is 16.5. The van der Waals surface area contributed by atoms with E-state index < -0.39 is 0 Å². The second-order valence-electron chi connectivity index (χ2n) is 4.45. The summed E-state index contributed by atoms with van der Waals surface area (Å²) in [4.78, 5) is 20.3. The number of hydrogen-bond donors (Lipinski definition) is 1. The van der Waals surface area contributed by atoms with Crippen LogP contribution in [0.25, 0.3) is 0 Å². The fraction of sp³-hybridized carbons (Fsp3) is 0.312. The number of hydrogen-bond acceptors (Lipinski definition) is 5. The summed E-state index contributed by atoms with van der Waals surface area (Å²) in [5.41, 5.74) is 1.37. The molecular formula is C16H19N3O3. The average molecular weight is 301 g/mol. The Morgan fingerprint density at radius 2 is 1.86 bits per heavy atom. The van der Waals surface area contributed by atoms with Crippen molar-refractivity contribution in [3.63, 3.8) is 0 Å². The molecule has 1 N–H and O–H groups in total. The third kappa shape index (κ3) is 4.44. The largest absolute Gasteiger partial charge is 0.476 e. The molecule has 0 aliphatic carbocycles. The Kier molecular flexibility index (Phi) is 5.71. The van der Waals surface area contributed by atoms with Crippen molar-refractivity contribution in [2.24, 2.45) is 0 Å². The number of nitrogens with zero attached hydrogens (tertiary/aromatic N) is 2. The van der Waals surface area contributed by atoms with E-state index in [2.05, 4.69) is 15.3 Å². The smallest absolute Gasteiger partial charge is 0.319 e. The molecule has 1 heterocycles. The molecule has 0 spiro atoms. The molecule has 0 unspecified atom stereocenters. The number of benzene rings is 1. The van der Waals surface area contributed by atoms with Crippen LogP contribution >= 0.6 is 0 Å². The first kappa shape index (κ1) is 15.8. The standard InChI is InChI=1S/C16H19N3O3/c1-3-21-15-13(11-17-16(19-15)22-4-2)18-14(20)10-12-8-6-5-7-9-12/h5-9,11H,3-4,10H2,1-2H3,(H,18,20). The van der Waals surface area contributed by atoms with Crippen LogP contribution < -0.4 is 14.8 Å².